The molecule has 2 aromatic heterocycles. The Bertz CT molecular complexity index is 973. The molecular weight excluding hydrogens is 328 g/mol. The van der Waals surface area contributed by atoms with E-state index in [4.69, 9.17) is 9.26 Å². The van der Waals surface area contributed by atoms with Crippen molar-refractivity contribution in [3.8, 4) is 17.3 Å². The molecule has 8 heteroatoms. The van der Waals surface area contributed by atoms with Crippen molar-refractivity contribution in [2.24, 2.45) is 4.36 Å². The Hall–Kier alpha value is -2.74. The van der Waals surface area contributed by atoms with E-state index in [0.717, 1.165) is 0 Å². The highest BCUT2D eigenvalue weighted by molar-refractivity contribution is 7.93. The summed E-state index contributed by atoms with van der Waals surface area (Å²) in [7, 11) is -1.05. The highest BCUT2D eigenvalue weighted by Crippen LogP contribution is 2.23. The summed E-state index contributed by atoms with van der Waals surface area (Å²) in [5, 5.41) is 3.81. The van der Waals surface area contributed by atoms with Gasteiger partial charge < -0.3 is 9.26 Å². The van der Waals surface area contributed by atoms with Gasteiger partial charge >= 0.3 is 0 Å². The average molecular weight is 344 g/mol. The van der Waals surface area contributed by atoms with E-state index in [2.05, 4.69) is 19.5 Å². The second-order valence-corrected chi connectivity index (χ2v) is 7.37. The molecule has 0 saturated heterocycles. The molecule has 7 nitrogen and oxygen atoms in total. The van der Waals surface area contributed by atoms with E-state index in [0.29, 0.717) is 33.7 Å². The Labute approximate surface area is 139 Å². The van der Waals surface area contributed by atoms with Crippen LogP contribution >= 0.6 is 0 Å². The van der Waals surface area contributed by atoms with Crippen molar-refractivity contribution in [1.82, 2.24) is 15.1 Å². The standard InChI is InChI=1S/C16H16N4O3S/c1-11-18-16(19-23-11)15-8-7-12(10-17-15)20-24(3,21)14-6-4-5-13(9-14)22-2/h4-10H,1-3H3. The van der Waals surface area contributed by atoms with Gasteiger partial charge in [-0.1, -0.05) is 11.2 Å². The molecule has 124 valence electrons. The second-order valence-electron chi connectivity index (χ2n) is 5.11. The molecule has 0 fully saturated rings. The molecule has 0 spiro atoms. The lowest BCUT2D eigenvalue weighted by atomic mass is 10.3. The zero-order chi connectivity index (χ0) is 17.2. The van der Waals surface area contributed by atoms with Gasteiger partial charge in [-0.2, -0.15) is 9.35 Å². The Kier molecular flexibility index (Phi) is 4.30. The molecule has 0 N–H and O–H groups in total. The number of aromatic nitrogens is 3. The van der Waals surface area contributed by atoms with Gasteiger partial charge in [-0.25, -0.2) is 4.21 Å². The van der Waals surface area contributed by atoms with Crippen LogP contribution in [0.3, 0.4) is 0 Å². The summed E-state index contributed by atoms with van der Waals surface area (Å²) in [5.41, 5.74) is 1.07. The first-order chi connectivity index (χ1) is 11.5. The minimum Gasteiger partial charge on any atom is -0.497 e. The molecule has 0 amide bonds. The van der Waals surface area contributed by atoms with Crippen LogP contribution in [0.5, 0.6) is 5.75 Å². The zero-order valence-electron chi connectivity index (χ0n) is 13.5. The first-order valence-electron chi connectivity index (χ1n) is 7.11. The molecule has 24 heavy (non-hydrogen) atoms. The van der Waals surface area contributed by atoms with Crippen molar-refractivity contribution in [2.45, 2.75) is 11.8 Å². The third-order valence-corrected chi connectivity index (χ3v) is 4.95. The molecule has 3 aromatic rings. The van der Waals surface area contributed by atoms with Crippen LogP contribution in [0.15, 0.2) is 56.4 Å². The Morgan fingerprint density at radius 1 is 1.25 bits per heavy atom. The summed E-state index contributed by atoms with van der Waals surface area (Å²) in [6, 6.07) is 10.5. The fourth-order valence-electron chi connectivity index (χ4n) is 2.07. The minimum atomic E-state index is -2.61. The van der Waals surface area contributed by atoms with Crippen LogP contribution in [0.25, 0.3) is 11.5 Å². The van der Waals surface area contributed by atoms with Crippen LogP contribution in [0.4, 0.5) is 5.69 Å². The molecule has 0 radical (unpaired) electrons. The minimum absolute atomic E-state index is 0.407. The molecule has 0 aliphatic heterocycles. The van der Waals surface area contributed by atoms with E-state index in [1.165, 1.54) is 6.20 Å². The number of hydrogen-bond donors (Lipinski definition) is 0. The lowest BCUT2D eigenvalue weighted by molar-refractivity contribution is 0.394. The van der Waals surface area contributed by atoms with E-state index in [-0.39, 0.29) is 0 Å². The molecule has 0 aliphatic rings. The summed E-state index contributed by atoms with van der Waals surface area (Å²) in [5.74, 6) is 1.51. The largest absolute Gasteiger partial charge is 0.497 e. The monoisotopic (exact) mass is 344 g/mol. The maximum absolute atomic E-state index is 12.9. The van der Waals surface area contributed by atoms with Crippen LogP contribution in [0, 0.1) is 6.92 Å². The topological polar surface area (TPSA) is 90.5 Å². The highest BCUT2D eigenvalue weighted by Gasteiger charge is 2.10. The second kappa shape index (κ2) is 6.40. The first-order valence-corrected chi connectivity index (χ1v) is 9.03. The molecule has 0 aliphatic carbocycles. The maximum atomic E-state index is 12.9. The molecule has 1 atom stereocenters. The average Bonchev–Trinajstić information content (AvgIpc) is 3.02. The summed E-state index contributed by atoms with van der Waals surface area (Å²) in [6.07, 6.45) is 3.11. The van der Waals surface area contributed by atoms with Gasteiger partial charge in [0.1, 0.15) is 11.4 Å². The first kappa shape index (κ1) is 16.1. The van der Waals surface area contributed by atoms with Crippen LogP contribution in [-0.2, 0) is 9.73 Å². The third kappa shape index (κ3) is 3.43. The van der Waals surface area contributed by atoms with Gasteiger partial charge in [-0.3, -0.25) is 4.98 Å². The molecule has 2 heterocycles. The molecule has 1 aromatic carbocycles. The van der Waals surface area contributed by atoms with E-state index >= 15 is 0 Å². The predicted molar refractivity (Wildman–Crippen MR) is 89.7 cm³/mol. The fraction of sp³-hybridized carbons (Fsp3) is 0.188. The van der Waals surface area contributed by atoms with Gasteiger partial charge in [0.05, 0.1) is 33.6 Å². The Morgan fingerprint density at radius 3 is 2.71 bits per heavy atom. The number of pyridine rings is 1. The Morgan fingerprint density at radius 2 is 2.08 bits per heavy atom. The van der Waals surface area contributed by atoms with Crippen molar-refractivity contribution >= 4 is 15.4 Å². The summed E-state index contributed by atoms with van der Waals surface area (Å²) >= 11 is 0. The van der Waals surface area contributed by atoms with Crippen molar-refractivity contribution in [2.75, 3.05) is 13.4 Å². The van der Waals surface area contributed by atoms with E-state index in [1.807, 2.05) is 0 Å². The molecule has 1 unspecified atom stereocenters. The highest BCUT2D eigenvalue weighted by atomic mass is 32.2. The van der Waals surface area contributed by atoms with Crippen molar-refractivity contribution in [3.63, 3.8) is 0 Å². The van der Waals surface area contributed by atoms with Crippen LogP contribution in [0.1, 0.15) is 5.89 Å². The molecule has 3 rings (SSSR count). The fourth-order valence-corrected chi connectivity index (χ4v) is 3.35. The molecule has 0 bridgehead atoms. The van der Waals surface area contributed by atoms with Crippen molar-refractivity contribution < 1.29 is 13.5 Å². The van der Waals surface area contributed by atoms with Crippen molar-refractivity contribution in [1.29, 1.82) is 0 Å². The summed E-state index contributed by atoms with van der Waals surface area (Å²) in [4.78, 5) is 8.95. The quantitative estimate of drug-likeness (QED) is 0.721. The van der Waals surface area contributed by atoms with Crippen LogP contribution in [0.2, 0.25) is 0 Å². The van der Waals surface area contributed by atoms with Gasteiger partial charge in [-0.05, 0) is 30.3 Å². The smallest absolute Gasteiger partial charge is 0.223 e. The number of ether oxygens (including phenoxy) is 1. The lowest BCUT2D eigenvalue weighted by Crippen LogP contribution is -1.97. The number of nitrogens with zero attached hydrogens (tertiary/aromatic N) is 4. The number of aryl methyl sites for hydroxylation is 1. The number of methoxy groups -OCH3 is 1. The predicted octanol–water partition coefficient (Wildman–Crippen LogP) is 3.24. The van der Waals surface area contributed by atoms with E-state index in [9.17, 15) is 4.21 Å². The van der Waals surface area contributed by atoms with Crippen LogP contribution < -0.4 is 4.74 Å². The van der Waals surface area contributed by atoms with E-state index < -0.39 is 9.73 Å². The normalized spacial score (nSPS) is 13.3. The zero-order valence-corrected chi connectivity index (χ0v) is 14.3. The SMILES string of the molecule is COc1cccc(S(C)(=O)=Nc2ccc(-c3noc(C)n3)nc2)c1. The summed E-state index contributed by atoms with van der Waals surface area (Å²) < 4.78 is 27.3. The number of hydrogen-bond acceptors (Lipinski definition) is 7. The van der Waals surface area contributed by atoms with Gasteiger partial charge in [-0.15, -0.1) is 0 Å². The van der Waals surface area contributed by atoms with Gasteiger partial charge in [0.25, 0.3) is 0 Å². The third-order valence-electron chi connectivity index (χ3n) is 3.26. The van der Waals surface area contributed by atoms with Gasteiger partial charge in [0, 0.05) is 13.2 Å². The number of benzene rings is 1. The number of rotatable bonds is 4. The van der Waals surface area contributed by atoms with Gasteiger partial charge in [0.2, 0.25) is 11.7 Å². The maximum Gasteiger partial charge on any atom is 0.223 e. The lowest BCUT2D eigenvalue weighted by Gasteiger charge is -2.06. The van der Waals surface area contributed by atoms with E-state index in [1.54, 1.807) is 56.7 Å². The summed E-state index contributed by atoms with van der Waals surface area (Å²) in [6.45, 7) is 1.71. The van der Waals surface area contributed by atoms with Crippen LogP contribution in [-0.4, -0.2) is 32.7 Å². The van der Waals surface area contributed by atoms with Crippen molar-refractivity contribution in [3.05, 3.63) is 48.5 Å². The van der Waals surface area contributed by atoms with Gasteiger partial charge in [0.15, 0.2) is 0 Å². The Balaban J connectivity index is 1.93. The molecule has 0 saturated carbocycles. The molecular formula is C16H16N4O3S.